The van der Waals surface area contributed by atoms with Gasteiger partial charge in [-0.3, -0.25) is 0 Å². The number of nitrogens with zero attached hydrogens (tertiary/aromatic N) is 2. The van der Waals surface area contributed by atoms with E-state index in [9.17, 15) is 8.78 Å². The van der Waals surface area contributed by atoms with E-state index in [-0.39, 0.29) is 11.6 Å². The Morgan fingerprint density at radius 2 is 1.86 bits per heavy atom. The van der Waals surface area contributed by atoms with Crippen molar-refractivity contribution in [1.29, 1.82) is 0 Å². The van der Waals surface area contributed by atoms with Gasteiger partial charge in [-0.2, -0.15) is 0 Å². The Hall–Kier alpha value is -2.44. The molecule has 3 aliphatic rings. The Bertz CT molecular complexity index is 802. The largest absolute Gasteiger partial charge is 0.357 e. The van der Waals surface area contributed by atoms with Crippen molar-refractivity contribution in [2.24, 2.45) is 0 Å². The minimum Gasteiger partial charge on any atom is -0.357 e. The summed E-state index contributed by atoms with van der Waals surface area (Å²) in [5.74, 6) is -0.442. The molecule has 0 aromatic heterocycles. The lowest BCUT2D eigenvalue weighted by Crippen LogP contribution is -2.44. The fraction of sp³-hybridized carbons (Fsp3) is 0.364. The second-order valence-electron chi connectivity index (χ2n) is 7.44. The topological polar surface area (TPSA) is 30.5 Å². The Labute approximate surface area is 164 Å². The minimum atomic E-state index is -0.250. The molecule has 28 heavy (non-hydrogen) atoms. The molecule has 3 heterocycles. The number of benzene rings is 1. The number of dihydropyridines is 1. The van der Waals surface area contributed by atoms with E-state index in [0.29, 0.717) is 6.04 Å². The van der Waals surface area contributed by atoms with Gasteiger partial charge in [0.05, 0.1) is 11.4 Å². The van der Waals surface area contributed by atoms with Crippen LogP contribution in [0.4, 0.5) is 8.78 Å². The van der Waals surface area contributed by atoms with E-state index in [1.165, 1.54) is 18.3 Å². The second kappa shape index (κ2) is 8.71. The highest BCUT2D eigenvalue weighted by Crippen LogP contribution is 2.24. The van der Waals surface area contributed by atoms with Crippen LogP contribution in [0.1, 0.15) is 18.4 Å². The second-order valence-corrected chi connectivity index (χ2v) is 7.44. The molecular formula is C22H26F2N4. The van der Waals surface area contributed by atoms with Crippen molar-refractivity contribution in [1.82, 2.24) is 20.4 Å². The van der Waals surface area contributed by atoms with Gasteiger partial charge in [0.15, 0.2) is 0 Å². The molecule has 1 aromatic rings. The summed E-state index contributed by atoms with van der Waals surface area (Å²) in [7, 11) is 0. The van der Waals surface area contributed by atoms with Gasteiger partial charge in [0.25, 0.3) is 0 Å². The highest BCUT2D eigenvalue weighted by Gasteiger charge is 2.22. The van der Waals surface area contributed by atoms with Crippen LogP contribution < -0.4 is 10.6 Å². The van der Waals surface area contributed by atoms with E-state index >= 15 is 0 Å². The first-order valence-electron chi connectivity index (χ1n) is 9.87. The fourth-order valence-corrected chi connectivity index (χ4v) is 3.83. The average molecular weight is 384 g/mol. The molecule has 3 aliphatic heterocycles. The summed E-state index contributed by atoms with van der Waals surface area (Å²) in [5, 5.41) is 6.58. The summed E-state index contributed by atoms with van der Waals surface area (Å²) in [6.07, 6.45) is 11.1. The van der Waals surface area contributed by atoms with Gasteiger partial charge in [-0.15, -0.1) is 0 Å². The number of nitrogens with one attached hydrogen (secondary N) is 2. The van der Waals surface area contributed by atoms with Gasteiger partial charge >= 0.3 is 0 Å². The number of hydrogen-bond acceptors (Lipinski definition) is 4. The molecule has 1 saturated heterocycles. The maximum atomic E-state index is 13.6. The molecule has 2 N–H and O–H groups in total. The first kappa shape index (κ1) is 18.9. The van der Waals surface area contributed by atoms with Crippen LogP contribution in [0.25, 0.3) is 0 Å². The van der Waals surface area contributed by atoms with Gasteiger partial charge in [0.2, 0.25) is 0 Å². The molecule has 1 aromatic carbocycles. The van der Waals surface area contributed by atoms with Crippen molar-refractivity contribution in [2.75, 3.05) is 26.2 Å². The maximum absolute atomic E-state index is 13.6. The zero-order chi connectivity index (χ0) is 19.3. The Kier molecular flexibility index (Phi) is 5.88. The third-order valence-electron chi connectivity index (χ3n) is 5.51. The normalized spacial score (nSPS) is 20.2. The lowest BCUT2D eigenvalue weighted by molar-refractivity contribution is 0.186. The van der Waals surface area contributed by atoms with Crippen molar-refractivity contribution in [3.8, 4) is 0 Å². The zero-order valence-corrected chi connectivity index (χ0v) is 15.9. The summed E-state index contributed by atoms with van der Waals surface area (Å²) in [6.45, 7) is 4.66. The maximum Gasteiger partial charge on any atom is 0.141 e. The van der Waals surface area contributed by atoms with Gasteiger partial charge in [0, 0.05) is 44.2 Å². The number of halogens is 2. The van der Waals surface area contributed by atoms with Gasteiger partial charge < -0.3 is 20.4 Å². The molecule has 0 saturated carbocycles. The predicted octanol–water partition coefficient (Wildman–Crippen LogP) is 3.39. The highest BCUT2D eigenvalue weighted by atomic mass is 19.1. The van der Waals surface area contributed by atoms with Crippen LogP contribution in [0, 0.1) is 5.82 Å². The Morgan fingerprint density at radius 1 is 1.07 bits per heavy atom. The summed E-state index contributed by atoms with van der Waals surface area (Å²) in [6, 6.07) is 7.18. The molecular weight excluding hydrogens is 358 g/mol. The van der Waals surface area contributed by atoms with Gasteiger partial charge in [-0.05, 0) is 55.8 Å². The van der Waals surface area contributed by atoms with Crippen LogP contribution in [-0.2, 0) is 6.54 Å². The lowest BCUT2D eigenvalue weighted by Gasteiger charge is -2.35. The first-order chi connectivity index (χ1) is 13.7. The van der Waals surface area contributed by atoms with Crippen LogP contribution in [-0.4, -0.2) is 42.0 Å². The van der Waals surface area contributed by atoms with E-state index in [0.717, 1.165) is 62.5 Å². The highest BCUT2D eigenvalue weighted by molar-refractivity contribution is 5.43. The van der Waals surface area contributed by atoms with Gasteiger partial charge in [-0.1, -0.05) is 12.1 Å². The van der Waals surface area contributed by atoms with Crippen LogP contribution in [0.15, 0.2) is 72.1 Å². The van der Waals surface area contributed by atoms with Crippen LogP contribution in [0.5, 0.6) is 0 Å². The molecule has 1 fully saturated rings. The van der Waals surface area contributed by atoms with Gasteiger partial charge in [0.1, 0.15) is 11.6 Å². The minimum absolute atomic E-state index is 0.193. The van der Waals surface area contributed by atoms with Crippen LogP contribution >= 0.6 is 0 Å². The number of piperidine rings is 1. The number of hydrogen-bond donors (Lipinski definition) is 2. The van der Waals surface area contributed by atoms with Crippen molar-refractivity contribution in [3.63, 3.8) is 0 Å². The van der Waals surface area contributed by atoms with E-state index in [2.05, 4.69) is 20.4 Å². The standard InChI is InChI=1S/C22H26F2N4/c23-18-5-3-17(4-6-18)15-25-20-7-10-27(11-8-20)12-13-28-9-1-2-21-22(28)14-19(24)16-26-21/h1-6,9,14,16,20,25-26H,7-8,10-13,15H2. The van der Waals surface area contributed by atoms with E-state index < -0.39 is 0 Å². The summed E-state index contributed by atoms with van der Waals surface area (Å²) in [4.78, 5) is 4.57. The number of fused-ring (bicyclic) bond motifs is 1. The third-order valence-corrected chi connectivity index (χ3v) is 5.51. The Morgan fingerprint density at radius 3 is 2.64 bits per heavy atom. The van der Waals surface area contributed by atoms with E-state index in [1.54, 1.807) is 6.08 Å². The first-order valence-corrected chi connectivity index (χ1v) is 9.87. The third kappa shape index (κ3) is 4.69. The zero-order valence-electron chi connectivity index (χ0n) is 15.9. The average Bonchev–Trinajstić information content (AvgIpc) is 2.72. The predicted molar refractivity (Wildman–Crippen MR) is 107 cm³/mol. The fourth-order valence-electron chi connectivity index (χ4n) is 3.83. The number of allylic oxidation sites excluding steroid dienone is 4. The monoisotopic (exact) mass is 384 g/mol. The quantitative estimate of drug-likeness (QED) is 0.787. The van der Waals surface area contributed by atoms with Crippen molar-refractivity contribution in [3.05, 3.63) is 83.5 Å². The molecule has 0 spiro atoms. The van der Waals surface area contributed by atoms with Crippen LogP contribution in [0.3, 0.4) is 0 Å². The summed E-state index contributed by atoms with van der Waals surface area (Å²) in [5.41, 5.74) is 2.94. The molecule has 0 atom stereocenters. The van der Waals surface area contributed by atoms with Gasteiger partial charge in [-0.25, -0.2) is 8.78 Å². The van der Waals surface area contributed by atoms with E-state index in [4.69, 9.17) is 0 Å². The van der Waals surface area contributed by atoms with Crippen molar-refractivity contribution >= 4 is 0 Å². The summed E-state index contributed by atoms with van der Waals surface area (Å²) >= 11 is 0. The molecule has 6 heteroatoms. The smallest absolute Gasteiger partial charge is 0.141 e. The lowest BCUT2D eigenvalue weighted by atomic mass is 10.0. The molecule has 148 valence electrons. The molecule has 4 rings (SSSR count). The molecule has 0 unspecified atom stereocenters. The molecule has 0 aliphatic carbocycles. The Balaban J connectivity index is 1.21. The van der Waals surface area contributed by atoms with Crippen LogP contribution in [0.2, 0.25) is 0 Å². The van der Waals surface area contributed by atoms with Crippen molar-refractivity contribution in [2.45, 2.75) is 25.4 Å². The number of rotatable bonds is 6. The SMILES string of the molecule is FC1=CNC2=CC=CN(CCN3CCC(NCc4ccc(F)cc4)CC3)C2=C1. The summed E-state index contributed by atoms with van der Waals surface area (Å²) < 4.78 is 26.6. The molecule has 0 radical (unpaired) electrons. The molecule has 0 bridgehead atoms. The number of likely N-dealkylation sites (tertiary alicyclic amines) is 1. The van der Waals surface area contributed by atoms with E-state index in [1.807, 2.05) is 30.5 Å². The van der Waals surface area contributed by atoms with Crippen molar-refractivity contribution < 1.29 is 8.78 Å². The molecule has 4 nitrogen and oxygen atoms in total. The molecule has 0 amide bonds.